The predicted octanol–water partition coefficient (Wildman–Crippen LogP) is 4.09. The molecule has 5 atom stereocenters. The van der Waals surface area contributed by atoms with Gasteiger partial charge in [-0.2, -0.15) is 0 Å². The lowest BCUT2D eigenvalue weighted by Crippen LogP contribution is -2.56. The second-order valence-corrected chi connectivity index (χ2v) is 11.2. The van der Waals surface area contributed by atoms with Crippen LogP contribution in [0.3, 0.4) is 0 Å². The Kier molecular flexibility index (Phi) is 6.85. The second-order valence-electron chi connectivity index (χ2n) is 10.8. The molecule has 39 heavy (non-hydrogen) atoms. The first kappa shape index (κ1) is 25.9. The van der Waals surface area contributed by atoms with Crippen LogP contribution in [0.5, 0.6) is 5.75 Å². The van der Waals surface area contributed by atoms with Crippen LogP contribution in [0.15, 0.2) is 60.7 Å². The van der Waals surface area contributed by atoms with E-state index in [0.717, 1.165) is 37.7 Å². The summed E-state index contributed by atoms with van der Waals surface area (Å²) in [6.07, 6.45) is 8.19. The number of hydrogen-bond acceptors (Lipinski definition) is 5. The van der Waals surface area contributed by atoms with Crippen molar-refractivity contribution in [3.05, 3.63) is 71.3 Å². The molecular formula is C30H32ClN3O5. The molecular weight excluding hydrogens is 518 g/mol. The maximum absolute atomic E-state index is 14.1. The molecule has 2 aromatic carbocycles. The molecule has 1 spiro atoms. The number of fused-ring (bicyclic) bond motifs is 1. The topological polar surface area (TPSA) is 97.0 Å². The summed E-state index contributed by atoms with van der Waals surface area (Å²) in [5.41, 5.74) is 0.104. The molecule has 0 radical (unpaired) electrons. The Bertz CT molecular complexity index is 1310. The van der Waals surface area contributed by atoms with E-state index in [1.165, 1.54) is 0 Å². The van der Waals surface area contributed by atoms with Crippen LogP contribution in [-0.4, -0.2) is 53.5 Å². The Balaban J connectivity index is 1.32. The Hall–Kier alpha value is -3.36. The quantitative estimate of drug-likeness (QED) is 0.507. The Morgan fingerprint density at radius 3 is 2.54 bits per heavy atom. The lowest BCUT2D eigenvalue weighted by Gasteiger charge is -2.34. The van der Waals surface area contributed by atoms with Gasteiger partial charge in [-0.05, 0) is 48.7 Å². The van der Waals surface area contributed by atoms with Gasteiger partial charge in [0.2, 0.25) is 17.7 Å². The smallest absolute Gasteiger partial charge is 0.246 e. The summed E-state index contributed by atoms with van der Waals surface area (Å²) in [5.74, 6) is -1.76. The Morgan fingerprint density at radius 2 is 1.82 bits per heavy atom. The largest absolute Gasteiger partial charge is 0.497 e. The summed E-state index contributed by atoms with van der Waals surface area (Å²) in [7, 11) is 1.58. The molecule has 3 amide bonds. The Morgan fingerprint density at radius 1 is 1.08 bits per heavy atom. The van der Waals surface area contributed by atoms with E-state index in [0.29, 0.717) is 16.5 Å². The lowest BCUT2D eigenvalue weighted by molar-refractivity contribution is -0.142. The minimum absolute atomic E-state index is 0.0655. The van der Waals surface area contributed by atoms with Crippen molar-refractivity contribution in [2.24, 2.45) is 11.8 Å². The highest BCUT2D eigenvalue weighted by atomic mass is 35.5. The fourth-order valence-corrected chi connectivity index (χ4v) is 6.87. The van der Waals surface area contributed by atoms with Crippen molar-refractivity contribution in [3.8, 4) is 5.75 Å². The molecule has 0 unspecified atom stereocenters. The summed E-state index contributed by atoms with van der Waals surface area (Å²) in [4.78, 5) is 43.2. The second kappa shape index (κ2) is 10.3. The van der Waals surface area contributed by atoms with E-state index in [1.807, 2.05) is 30.4 Å². The zero-order chi connectivity index (χ0) is 27.1. The molecule has 2 aromatic rings. The molecule has 8 nitrogen and oxygen atoms in total. The zero-order valence-electron chi connectivity index (χ0n) is 21.8. The first-order valence-electron chi connectivity index (χ1n) is 13.6. The fraction of sp³-hybridized carbons (Fsp3) is 0.433. The summed E-state index contributed by atoms with van der Waals surface area (Å²) in [6, 6.07) is 13.5. The standard InChI is InChI=1S/C30H32ClN3O5/c1-38-21-13-11-20(12-14-21)32-27(35)24-23-15-16-30(39-23)25(24)29(37)34(17-18-7-5-6-10-22(18)31)26(30)28(36)33-19-8-3-2-4-9-19/h5-7,10-16,19,23-26H,2-4,8-9,17H2,1H3,(H,32,35)(H,33,36)/t23-,24-,25-,26-,30-/m0/s1. The summed E-state index contributed by atoms with van der Waals surface area (Å²) < 4.78 is 11.6. The number of nitrogens with one attached hydrogen (secondary N) is 2. The highest BCUT2D eigenvalue weighted by Crippen LogP contribution is 2.55. The van der Waals surface area contributed by atoms with Crippen LogP contribution in [0, 0.1) is 11.8 Å². The number of carbonyl (C=O) groups is 3. The van der Waals surface area contributed by atoms with E-state index >= 15 is 0 Å². The number of hydrogen-bond donors (Lipinski definition) is 2. The number of amides is 3. The van der Waals surface area contributed by atoms with Gasteiger partial charge in [0.15, 0.2) is 0 Å². The predicted molar refractivity (Wildman–Crippen MR) is 146 cm³/mol. The van der Waals surface area contributed by atoms with Crippen molar-refractivity contribution in [1.29, 1.82) is 0 Å². The van der Waals surface area contributed by atoms with Gasteiger partial charge in [0, 0.05) is 23.3 Å². The highest BCUT2D eigenvalue weighted by molar-refractivity contribution is 6.31. The SMILES string of the molecule is COc1ccc(NC(=O)[C@H]2[C@@H]3C=C[C@]4(O3)[C@@H]2C(=O)N(Cc2ccccc2Cl)[C@H]4C(=O)NC2CCCCC2)cc1. The van der Waals surface area contributed by atoms with Gasteiger partial charge in [-0.1, -0.05) is 61.2 Å². The number of nitrogens with zero attached hydrogens (tertiary/aromatic N) is 1. The molecule has 3 fully saturated rings. The van der Waals surface area contributed by atoms with Crippen LogP contribution in [0.25, 0.3) is 0 Å². The minimum atomic E-state index is -1.22. The molecule has 0 aromatic heterocycles. The molecule has 3 aliphatic heterocycles. The van der Waals surface area contributed by atoms with Gasteiger partial charge >= 0.3 is 0 Å². The van der Waals surface area contributed by atoms with Crippen LogP contribution in [0.4, 0.5) is 5.69 Å². The molecule has 2 saturated heterocycles. The van der Waals surface area contributed by atoms with Crippen LogP contribution in [-0.2, 0) is 25.7 Å². The molecule has 4 aliphatic rings. The number of anilines is 1. The lowest BCUT2D eigenvalue weighted by atomic mass is 9.74. The average Bonchev–Trinajstić information content (AvgIpc) is 3.58. The molecule has 1 saturated carbocycles. The molecule has 6 rings (SSSR count). The number of carbonyl (C=O) groups excluding carboxylic acids is 3. The van der Waals surface area contributed by atoms with E-state index in [4.69, 9.17) is 21.1 Å². The van der Waals surface area contributed by atoms with Crippen molar-refractivity contribution in [3.63, 3.8) is 0 Å². The van der Waals surface area contributed by atoms with Gasteiger partial charge in [-0.3, -0.25) is 14.4 Å². The molecule has 3 heterocycles. The van der Waals surface area contributed by atoms with Gasteiger partial charge in [0.1, 0.15) is 17.4 Å². The third-order valence-electron chi connectivity index (χ3n) is 8.53. The monoisotopic (exact) mass is 549 g/mol. The first-order valence-corrected chi connectivity index (χ1v) is 14.0. The van der Waals surface area contributed by atoms with E-state index < -0.39 is 29.6 Å². The van der Waals surface area contributed by atoms with Crippen LogP contribution < -0.4 is 15.4 Å². The number of likely N-dealkylation sites (tertiary alicyclic amines) is 1. The van der Waals surface area contributed by atoms with Crippen molar-refractivity contribution in [1.82, 2.24) is 10.2 Å². The third-order valence-corrected chi connectivity index (χ3v) is 8.90. The van der Waals surface area contributed by atoms with Crippen molar-refractivity contribution >= 4 is 35.0 Å². The first-order chi connectivity index (χ1) is 18.9. The zero-order valence-corrected chi connectivity index (χ0v) is 22.5. The number of methoxy groups -OCH3 is 1. The average molecular weight is 550 g/mol. The van der Waals surface area contributed by atoms with E-state index in [-0.39, 0.29) is 30.3 Å². The highest BCUT2D eigenvalue weighted by Gasteiger charge is 2.72. The molecule has 2 bridgehead atoms. The van der Waals surface area contributed by atoms with E-state index in [2.05, 4.69) is 10.6 Å². The summed E-state index contributed by atoms with van der Waals surface area (Å²) >= 11 is 6.46. The number of benzene rings is 2. The fourth-order valence-electron chi connectivity index (χ4n) is 6.67. The van der Waals surface area contributed by atoms with E-state index in [1.54, 1.807) is 42.3 Å². The molecule has 2 N–H and O–H groups in total. The third kappa shape index (κ3) is 4.49. The Labute approximate surface area is 232 Å². The number of rotatable bonds is 7. The van der Waals surface area contributed by atoms with Gasteiger partial charge < -0.3 is 25.0 Å². The van der Waals surface area contributed by atoms with E-state index in [9.17, 15) is 14.4 Å². The molecule has 1 aliphatic carbocycles. The van der Waals surface area contributed by atoms with Crippen molar-refractivity contribution in [2.45, 2.75) is 62.4 Å². The van der Waals surface area contributed by atoms with Gasteiger partial charge in [-0.15, -0.1) is 0 Å². The number of ether oxygens (including phenoxy) is 2. The minimum Gasteiger partial charge on any atom is -0.497 e. The summed E-state index contributed by atoms with van der Waals surface area (Å²) in [6.45, 7) is 0.147. The maximum Gasteiger partial charge on any atom is 0.246 e. The number of halogens is 1. The van der Waals surface area contributed by atoms with Gasteiger partial charge in [0.25, 0.3) is 0 Å². The molecule has 204 valence electrons. The maximum atomic E-state index is 14.1. The van der Waals surface area contributed by atoms with Gasteiger partial charge in [-0.25, -0.2) is 0 Å². The summed E-state index contributed by atoms with van der Waals surface area (Å²) in [5, 5.41) is 6.65. The molecule has 9 heteroatoms. The van der Waals surface area contributed by atoms with Crippen LogP contribution in [0.2, 0.25) is 5.02 Å². The van der Waals surface area contributed by atoms with Crippen LogP contribution >= 0.6 is 11.6 Å². The van der Waals surface area contributed by atoms with Crippen LogP contribution in [0.1, 0.15) is 37.7 Å². The van der Waals surface area contributed by atoms with Gasteiger partial charge in [0.05, 0.1) is 25.0 Å². The van der Waals surface area contributed by atoms with Crippen molar-refractivity contribution < 1.29 is 23.9 Å². The normalized spacial score (nSPS) is 29.4. The van der Waals surface area contributed by atoms with Crippen molar-refractivity contribution in [2.75, 3.05) is 12.4 Å².